The molecule has 0 unspecified atom stereocenters. The van der Waals surface area contributed by atoms with E-state index < -0.39 is 12.6 Å². The molecule has 1 aliphatic rings. The van der Waals surface area contributed by atoms with Gasteiger partial charge in [0, 0.05) is 0 Å². The van der Waals surface area contributed by atoms with Crippen molar-refractivity contribution >= 4 is 46.3 Å². The van der Waals surface area contributed by atoms with Gasteiger partial charge in [0.15, 0.2) is 18.1 Å². The van der Waals surface area contributed by atoms with Crippen LogP contribution in [0.5, 0.6) is 11.5 Å². The Morgan fingerprint density at radius 3 is 2.62 bits per heavy atom. The number of benzene rings is 2. The summed E-state index contributed by atoms with van der Waals surface area (Å²) in [5.74, 6) is -0.461. The summed E-state index contributed by atoms with van der Waals surface area (Å²) in [7, 11) is 0. The first-order valence-corrected chi connectivity index (χ1v) is 10.1. The van der Waals surface area contributed by atoms with Crippen LogP contribution >= 0.6 is 24.0 Å². The summed E-state index contributed by atoms with van der Waals surface area (Å²) in [5.41, 5.74) is 1.74. The lowest BCUT2D eigenvalue weighted by Gasteiger charge is -2.14. The second-order valence-electron chi connectivity index (χ2n) is 6.08. The molecule has 0 atom stereocenters. The van der Waals surface area contributed by atoms with E-state index in [1.54, 1.807) is 29.2 Å². The summed E-state index contributed by atoms with van der Waals surface area (Å²) in [6.45, 7) is 2.18. The topological polar surface area (TPSA) is 76.1 Å². The van der Waals surface area contributed by atoms with Crippen molar-refractivity contribution in [2.75, 3.05) is 13.2 Å². The van der Waals surface area contributed by atoms with Crippen molar-refractivity contribution in [1.82, 2.24) is 4.90 Å². The van der Waals surface area contributed by atoms with Crippen molar-refractivity contribution in [2.45, 2.75) is 13.5 Å². The number of thiocarbonyl (C=S) groups is 1. The van der Waals surface area contributed by atoms with Gasteiger partial charge in [0.1, 0.15) is 4.32 Å². The molecule has 0 radical (unpaired) electrons. The van der Waals surface area contributed by atoms with Gasteiger partial charge in [-0.05, 0) is 36.3 Å². The highest BCUT2D eigenvalue weighted by molar-refractivity contribution is 8.26. The van der Waals surface area contributed by atoms with E-state index >= 15 is 0 Å². The van der Waals surface area contributed by atoms with Gasteiger partial charge in [0.25, 0.3) is 5.91 Å². The van der Waals surface area contributed by atoms with Gasteiger partial charge in [-0.2, -0.15) is 0 Å². The Balaban J connectivity index is 1.80. The van der Waals surface area contributed by atoms with Crippen molar-refractivity contribution in [2.24, 2.45) is 0 Å². The summed E-state index contributed by atoms with van der Waals surface area (Å²) in [5, 5.41) is 8.79. The lowest BCUT2D eigenvalue weighted by molar-refractivity contribution is -0.139. The first-order valence-electron chi connectivity index (χ1n) is 8.88. The van der Waals surface area contributed by atoms with E-state index in [4.69, 9.17) is 26.8 Å². The van der Waals surface area contributed by atoms with Crippen molar-refractivity contribution in [3.63, 3.8) is 0 Å². The molecule has 1 amide bonds. The zero-order chi connectivity index (χ0) is 20.8. The molecule has 0 aromatic heterocycles. The molecule has 1 N–H and O–H groups in total. The molecular formula is C21H19NO5S2. The molecule has 3 rings (SSSR count). The molecule has 8 heteroatoms. The SMILES string of the molecule is CCOc1cc(/C=C2/SC(=S)N(Cc3ccccc3)C2=O)ccc1OCC(=O)O. The normalized spacial score (nSPS) is 15.1. The third-order valence-electron chi connectivity index (χ3n) is 3.97. The number of amides is 1. The Morgan fingerprint density at radius 1 is 1.17 bits per heavy atom. The van der Waals surface area contributed by atoms with Gasteiger partial charge in [-0.1, -0.05) is 60.4 Å². The number of thioether (sulfide) groups is 1. The monoisotopic (exact) mass is 429 g/mol. The minimum Gasteiger partial charge on any atom is -0.490 e. The van der Waals surface area contributed by atoms with Gasteiger partial charge in [0.05, 0.1) is 18.1 Å². The number of rotatable bonds is 8. The third kappa shape index (κ3) is 5.36. The van der Waals surface area contributed by atoms with Crippen LogP contribution < -0.4 is 9.47 Å². The number of hydrogen-bond donors (Lipinski definition) is 1. The molecular weight excluding hydrogens is 410 g/mol. The van der Waals surface area contributed by atoms with Crippen LogP contribution in [-0.2, 0) is 16.1 Å². The Kier molecular flexibility index (Phi) is 6.90. The predicted octanol–water partition coefficient (Wildman–Crippen LogP) is 3.95. The molecule has 150 valence electrons. The molecule has 0 saturated carbocycles. The number of carboxylic acids is 1. The van der Waals surface area contributed by atoms with Crippen LogP contribution in [0.15, 0.2) is 53.4 Å². The van der Waals surface area contributed by atoms with Crippen LogP contribution in [0.4, 0.5) is 0 Å². The van der Waals surface area contributed by atoms with Crippen molar-refractivity contribution < 1.29 is 24.2 Å². The smallest absolute Gasteiger partial charge is 0.341 e. The predicted molar refractivity (Wildman–Crippen MR) is 116 cm³/mol. The first-order chi connectivity index (χ1) is 14.0. The minimum absolute atomic E-state index is 0.145. The van der Waals surface area contributed by atoms with E-state index in [0.29, 0.717) is 33.9 Å². The highest BCUT2D eigenvalue weighted by Gasteiger charge is 2.32. The number of aliphatic carboxylic acids is 1. The molecule has 2 aromatic rings. The average molecular weight is 430 g/mol. The quantitative estimate of drug-likeness (QED) is 0.503. The molecule has 29 heavy (non-hydrogen) atoms. The van der Waals surface area contributed by atoms with Crippen molar-refractivity contribution in [3.05, 3.63) is 64.6 Å². The number of ether oxygens (including phenoxy) is 2. The van der Waals surface area contributed by atoms with Crippen molar-refractivity contribution in [3.8, 4) is 11.5 Å². The maximum absolute atomic E-state index is 12.8. The van der Waals surface area contributed by atoms with E-state index in [0.717, 1.165) is 11.1 Å². The van der Waals surface area contributed by atoms with Crippen LogP contribution in [0.3, 0.4) is 0 Å². The lowest BCUT2D eigenvalue weighted by Crippen LogP contribution is -2.27. The molecule has 0 spiro atoms. The molecule has 2 aromatic carbocycles. The van der Waals surface area contributed by atoms with Gasteiger partial charge in [0.2, 0.25) is 0 Å². The maximum atomic E-state index is 12.8. The number of carboxylic acid groups (broad SMARTS) is 1. The molecule has 1 aliphatic heterocycles. The molecule has 1 heterocycles. The summed E-state index contributed by atoms with van der Waals surface area (Å²) in [6.07, 6.45) is 1.74. The van der Waals surface area contributed by atoms with Gasteiger partial charge < -0.3 is 14.6 Å². The second-order valence-corrected chi connectivity index (χ2v) is 7.75. The van der Waals surface area contributed by atoms with Gasteiger partial charge in [-0.3, -0.25) is 9.69 Å². The Morgan fingerprint density at radius 2 is 1.93 bits per heavy atom. The highest BCUT2D eigenvalue weighted by Crippen LogP contribution is 2.35. The fourth-order valence-corrected chi connectivity index (χ4v) is 3.95. The molecule has 1 saturated heterocycles. The first kappa shape index (κ1) is 20.9. The summed E-state index contributed by atoms with van der Waals surface area (Å²) in [6, 6.07) is 14.8. The maximum Gasteiger partial charge on any atom is 0.341 e. The number of carbonyl (C=O) groups excluding carboxylic acids is 1. The van der Waals surface area contributed by atoms with Crippen LogP contribution in [0.2, 0.25) is 0 Å². The molecule has 6 nitrogen and oxygen atoms in total. The standard InChI is InChI=1S/C21H19NO5S2/c1-2-26-17-10-15(8-9-16(17)27-13-19(23)24)11-18-20(25)22(21(28)29-18)12-14-6-4-3-5-7-14/h3-11H,2,12-13H2,1H3,(H,23,24)/b18-11+. The average Bonchev–Trinajstić information content (AvgIpc) is 2.96. The van der Waals surface area contributed by atoms with Gasteiger partial charge in [-0.25, -0.2) is 4.79 Å². The van der Waals surface area contributed by atoms with Crippen molar-refractivity contribution in [1.29, 1.82) is 0 Å². The van der Waals surface area contributed by atoms with E-state index in [1.165, 1.54) is 11.8 Å². The van der Waals surface area contributed by atoms with Crippen LogP contribution in [0, 0.1) is 0 Å². The van der Waals surface area contributed by atoms with Gasteiger partial charge >= 0.3 is 5.97 Å². The Bertz CT molecular complexity index is 959. The number of nitrogens with zero attached hydrogens (tertiary/aromatic N) is 1. The Hall–Kier alpha value is -2.84. The highest BCUT2D eigenvalue weighted by atomic mass is 32.2. The second kappa shape index (κ2) is 9.58. The summed E-state index contributed by atoms with van der Waals surface area (Å²) in [4.78, 5) is 25.6. The van der Waals surface area contributed by atoms with Crippen LogP contribution in [0.25, 0.3) is 6.08 Å². The zero-order valence-corrected chi connectivity index (χ0v) is 17.3. The van der Waals surface area contributed by atoms with E-state index in [9.17, 15) is 9.59 Å². The molecule has 0 bridgehead atoms. The van der Waals surface area contributed by atoms with Gasteiger partial charge in [-0.15, -0.1) is 0 Å². The van der Waals surface area contributed by atoms with E-state index in [2.05, 4.69) is 0 Å². The fraction of sp³-hybridized carbons (Fsp3) is 0.190. The molecule has 1 fully saturated rings. The lowest BCUT2D eigenvalue weighted by atomic mass is 10.1. The number of hydrogen-bond acceptors (Lipinski definition) is 6. The van der Waals surface area contributed by atoms with E-state index in [1.807, 2.05) is 37.3 Å². The molecule has 0 aliphatic carbocycles. The van der Waals surface area contributed by atoms with Crippen LogP contribution in [0.1, 0.15) is 18.1 Å². The zero-order valence-electron chi connectivity index (χ0n) is 15.7. The summed E-state index contributed by atoms with van der Waals surface area (Å²) < 4.78 is 11.3. The minimum atomic E-state index is -1.07. The third-order valence-corrected chi connectivity index (χ3v) is 5.35. The van der Waals surface area contributed by atoms with E-state index in [-0.39, 0.29) is 5.91 Å². The fourth-order valence-electron chi connectivity index (χ4n) is 2.70. The Labute approximate surface area is 178 Å². The summed E-state index contributed by atoms with van der Waals surface area (Å²) >= 11 is 6.64. The largest absolute Gasteiger partial charge is 0.490 e. The van der Waals surface area contributed by atoms with Crippen LogP contribution in [-0.4, -0.2) is 39.4 Å². The number of carbonyl (C=O) groups is 2.